The third-order valence-electron chi connectivity index (χ3n) is 5.76. The van der Waals surface area contributed by atoms with E-state index in [1.165, 1.54) is 96.4 Å². The monoisotopic (exact) mass is 380 g/mol. The van der Waals surface area contributed by atoms with Crippen LogP contribution in [-0.2, 0) is 4.79 Å². The normalized spacial score (nSPS) is 11.7. The first-order valence-corrected chi connectivity index (χ1v) is 11.9. The summed E-state index contributed by atoms with van der Waals surface area (Å²) in [6.45, 7) is 10.2. The number of rotatable bonds is 20. The molecule has 0 aromatic carbocycles. The Labute approximate surface area is 171 Å². The number of quaternary nitrogens is 1. The molecule has 0 amide bonds. The summed E-state index contributed by atoms with van der Waals surface area (Å²) < 4.78 is 1.04. The fourth-order valence-electron chi connectivity index (χ4n) is 3.73. The van der Waals surface area contributed by atoms with Crippen LogP contribution in [0.15, 0.2) is 12.2 Å². The molecule has 0 N–H and O–H groups in total. The number of Topliss-reactive ketones (excluding diaryl/α,β-unsaturated/α-hetero) is 1. The van der Waals surface area contributed by atoms with Crippen molar-refractivity contribution < 1.29 is 9.28 Å². The summed E-state index contributed by atoms with van der Waals surface area (Å²) in [5, 5.41) is 0. The SMILES string of the molecule is C=C(C)C(=O)CCC[N+](C)(C)CCCCCCCCCCCCCCCC. The number of carbonyl (C=O) groups excluding carboxylic acids is 1. The zero-order valence-electron chi connectivity index (χ0n) is 19.3. The molecule has 0 radical (unpaired) electrons. The van der Waals surface area contributed by atoms with Gasteiger partial charge in [-0.3, -0.25) is 4.79 Å². The molecule has 0 aliphatic carbocycles. The highest BCUT2D eigenvalue weighted by molar-refractivity contribution is 5.93. The van der Waals surface area contributed by atoms with Crippen LogP contribution >= 0.6 is 0 Å². The van der Waals surface area contributed by atoms with E-state index in [9.17, 15) is 4.79 Å². The number of unbranched alkanes of at least 4 members (excludes halogenated alkanes) is 13. The molecule has 0 spiro atoms. The van der Waals surface area contributed by atoms with Gasteiger partial charge < -0.3 is 4.48 Å². The van der Waals surface area contributed by atoms with Gasteiger partial charge in [0.25, 0.3) is 0 Å². The predicted octanol–water partition coefficient (Wildman–Crippen LogP) is 7.47. The van der Waals surface area contributed by atoms with Crippen molar-refractivity contribution in [3.8, 4) is 0 Å². The molecule has 160 valence electrons. The van der Waals surface area contributed by atoms with Crippen molar-refractivity contribution in [3.05, 3.63) is 12.2 Å². The standard InChI is InChI=1S/C25H50NO/c1-6-7-8-9-10-11-12-13-14-15-16-17-18-19-22-26(4,5)23-20-21-25(27)24(2)3/h2,6-23H2,1,3-5H3/q+1. The fourth-order valence-corrected chi connectivity index (χ4v) is 3.73. The molecule has 0 aliphatic rings. The maximum absolute atomic E-state index is 11.6. The minimum atomic E-state index is 0.228. The first-order valence-electron chi connectivity index (χ1n) is 11.9. The molecule has 0 bridgehead atoms. The number of hydrogen-bond acceptors (Lipinski definition) is 1. The predicted molar refractivity (Wildman–Crippen MR) is 121 cm³/mol. The van der Waals surface area contributed by atoms with Gasteiger partial charge in [-0.1, -0.05) is 90.6 Å². The number of ketones is 1. The van der Waals surface area contributed by atoms with E-state index in [0.29, 0.717) is 12.0 Å². The molecule has 0 unspecified atom stereocenters. The minimum absolute atomic E-state index is 0.228. The zero-order valence-corrected chi connectivity index (χ0v) is 19.3. The van der Waals surface area contributed by atoms with Gasteiger partial charge in [-0.25, -0.2) is 0 Å². The third kappa shape index (κ3) is 18.5. The molecule has 0 aliphatic heterocycles. The Morgan fingerprint density at radius 3 is 1.44 bits per heavy atom. The molecule has 2 nitrogen and oxygen atoms in total. The Morgan fingerprint density at radius 1 is 0.667 bits per heavy atom. The van der Waals surface area contributed by atoms with Crippen molar-refractivity contribution in [2.45, 2.75) is 117 Å². The van der Waals surface area contributed by atoms with Gasteiger partial charge in [0.05, 0.1) is 27.2 Å². The summed E-state index contributed by atoms with van der Waals surface area (Å²) in [5.74, 6) is 0.228. The Balaban J connectivity index is 3.37. The quantitative estimate of drug-likeness (QED) is 0.122. The van der Waals surface area contributed by atoms with Crippen LogP contribution in [0.5, 0.6) is 0 Å². The van der Waals surface area contributed by atoms with Crippen molar-refractivity contribution in [2.75, 3.05) is 27.2 Å². The summed E-state index contributed by atoms with van der Waals surface area (Å²) in [6, 6.07) is 0. The summed E-state index contributed by atoms with van der Waals surface area (Å²) in [4.78, 5) is 11.6. The molecule has 0 fully saturated rings. The summed E-state index contributed by atoms with van der Waals surface area (Å²) in [7, 11) is 4.60. The highest BCUT2D eigenvalue weighted by Crippen LogP contribution is 2.14. The van der Waals surface area contributed by atoms with Gasteiger partial charge in [-0.15, -0.1) is 0 Å². The Bertz CT molecular complexity index is 373. The lowest BCUT2D eigenvalue weighted by atomic mass is 10.0. The first-order chi connectivity index (χ1) is 12.9. The van der Waals surface area contributed by atoms with Crippen LogP contribution in [0.4, 0.5) is 0 Å². The minimum Gasteiger partial charge on any atom is -0.328 e. The average molecular weight is 381 g/mol. The van der Waals surface area contributed by atoms with Crippen LogP contribution < -0.4 is 0 Å². The van der Waals surface area contributed by atoms with Crippen molar-refractivity contribution >= 4 is 5.78 Å². The van der Waals surface area contributed by atoms with Crippen LogP contribution in [0.3, 0.4) is 0 Å². The lowest BCUT2D eigenvalue weighted by molar-refractivity contribution is -0.890. The third-order valence-corrected chi connectivity index (χ3v) is 5.76. The molecule has 0 saturated carbocycles. The molecule has 0 aromatic heterocycles. The van der Waals surface area contributed by atoms with Crippen LogP contribution in [-0.4, -0.2) is 37.5 Å². The van der Waals surface area contributed by atoms with Gasteiger partial charge in [0.2, 0.25) is 0 Å². The van der Waals surface area contributed by atoms with Crippen molar-refractivity contribution in [1.82, 2.24) is 0 Å². The molecule has 2 heteroatoms. The van der Waals surface area contributed by atoms with Crippen LogP contribution in [0.25, 0.3) is 0 Å². The smallest absolute Gasteiger partial charge is 0.158 e. The van der Waals surface area contributed by atoms with Gasteiger partial charge in [0, 0.05) is 12.8 Å². The largest absolute Gasteiger partial charge is 0.328 e. The second-order valence-corrected chi connectivity index (χ2v) is 9.29. The number of nitrogens with zero attached hydrogens (tertiary/aromatic N) is 1. The molecule has 0 rings (SSSR count). The fraction of sp³-hybridized carbons (Fsp3) is 0.880. The summed E-state index contributed by atoms with van der Waals surface area (Å²) in [6.07, 6.45) is 21.5. The van der Waals surface area contributed by atoms with Gasteiger partial charge >= 0.3 is 0 Å². The maximum Gasteiger partial charge on any atom is 0.158 e. The second-order valence-electron chi connectivity index (χ2n) is 9.29. The van der Waals surface area contributed by atoms with E-state index >= 15 is 0 Å². The van der Waals surface area contributed by atoms with Crippen LogP contribution in [0.2, 0.25) is 0 Å². The van der Waals surface area contributed by atoms with E-state index in [0.717, 1.165) is 17.4 Å². The summed E-state index contributed by atoms with van der Waals surface area (Å²) in [5.41, 5.74) is 0.701. The molecule has 27 heavy (non-hydrogen) atoms. The molecular formula is C25H50NO+. The van der Waals surface area contributed by atoms with Crippen molar-refractivity contribution in [3.63, 3.8) is 0 Å². The summed E-state index contributed by atoms with van der Waals surface area (Å²) >= 11 is 0. The number of hydrogen-bond donors (Lipinski definition) is 0. The second kappa shape index (κ2) is 17.5. The van der Waals surface area contributed by atoms with Gasteiger partial charge in [-0.05, 0) is 25.3 Å². The van der Waals surface area contributed by atoms with Gasteiger partial charge in [0.15, 0.2) is 5.78 Å². The van der Waals surface area contributed by atoms with Gasteiger partial charge in [-0.2, -0.15) is 0 Å². The van der Waals surface area contributed by atoms with E-state index in [-0.39, 0.29) is 5.78 Å². The number of carbonyl (C=O) groups is 1. The lowest BCUT2D eigenvalue weighted by Crippen LogP contribution is -2.41. The molecule has 0 atom stereocenters. The molecular weight excluding hydrogens is 330 g/mol. The number of allylic oxidation sites excluding steroid dienone is 1. The Morgan fingerprint density at radius 2 is 1.04 bits per heavy atom. The van der Waals surface area contributed by atoms with E-state index in [1.807, 2.05) is 6.92 Å². The topological polar surface area (TPSA) is 17.1 Å². The van der Waals surface area contributed by atoms with E-state index in [4.69, 9.17) is 0 Å². The maximum atomic E-state index is 11.6. The highest BCUT2D eigenvalue weighted by atomic mass is 16.1. The van der Waals surface area contributed by atoms with E-state index < -0.39 is 0 Å². The zero-order chi connectivity index (χ0) is 20.4. The first kappa shape index (κ1) is 26.4. The van der Waals surface area contributed by atoms with Crippen molar-refractivity contribution in [2.24, 2.45) is 0 Å². The lowest BCUT2D eigenvalue weighted by Gasteiger charge is -2.29. The molecule has 0 saturated heterocycles. The highest BCUT2D eigenvalue weighted by Gasteiger charge is 2.15. The van der Waals surface area contributed by atoms with Crippen molar-refractivity contribution in [1.29, 1.82) is 0 Å². The van der Waals surface area contributed by atoms with Crippen LogP contribution in [0, 0.1) is 0 Å². The molecule has 0 heterocycles. The average Bonchev–Trinajstić information content (AvgIpc) is 2.61. The van der Waals surface area contributed by atoms with Crippen LogP contribution in [0.1, 0.15) is 117 Å². The van der Waals surface area contributed by atoms with E-state index in [1.54, 1.807) is 0 Å². The molecule has 0 aromatic rings. The van der Waals surface area contributed by atoms with Gasteiger partial charge in [0.1, 0.15) is 0 Å². The Kier molecular flexibility index (Phi) is 17.1. The van der Waals surface area contributed by atoms with E-state index in [2.05, 4.69) is 27.6 Å². The Hall–Kier alpha value is -0.630.